The standard InChI is InChI=1S/C17H27N3O/c1-3-20(4-2)13-14-9-5-6-10-15(14)19-17(21)16-11-7-8-12-18-16/h5-6,9-10,16,18H,3-4,7-8,11-13H2,1-2H3,(H,19,21)/t16-/m0/s1. The Morgan fingerprint density at radius 2 is 2.05 bits per heavy atom. The van der Waals surface area contributed by atoms with Crippen LogP contribution in [0.5, 0.6) is 0 Å². The van der Waals surface area contributed by atoms with Gasteiger partial charge in [-0.1, -0.05) is 38.5 Å². The quantitative estimate of drug-likeness (QED) is 0.846. The summed E-state index contributed by atoms with van der Waals surface area (Å²) in [7, 11) is 0. The molecule has 2 rings (SSSR count). The van der Waals surface area contributed by atoms with Crippen LogP contribution in [0.2, 0.25) is 0 Å². The number of benzene rings is 1. The van der Waals surface area contributed by atoms with Crippen molar-refractivity contribution in [3.8, 4) is 0 Å². The predicted octanol–water partition coefficient (Wildman–Crippen LogP) is 2.61. The zero-order valence-electron chi connectivity index (χ0n) is 13.2. The third-order valence-electron chi connectivity index (χ3n) is 4.19. The Hall–Kier alpha value is -1.39. The highest BCUT2D eigenvalue weighted by atomic mass is 16.2. The molecule has 0 bridgehead atoms. The highest BCUT2D eigenvalue weighted by molar-refractivity contribution is 5.95. The molecule has 4 nitrogen and oxygen atoms in total. The molecule has 1 saturated heterocycles. The Bertz CT molecular complexity index is 451. The lowest BCUT2D eigenvalue weighted by atomic mass is 10.0. The molecule has 1 amide bonds. The minimum Gasteiger partial charge on any atom is -0.324 e. The van der Waals surface area contributed by atoms with Gasteiger partial charge in [0.1, 0.15) is 0 Å². The van der Waals surface area contributed by atoms with E-state index in [9.17, 15) is 4.79 Å². The zero-order chi connectivity index (χ0) is 15.1. The van der Waals surface area contributed by atoms with Gasteiger partial charge in [-0.3, -0.25) is 9.69 Å². The van der Waals surface area contributed by atoms with E-state index in [1.165, 1.54) is 12.0 Å². The van der Waals surface area contributed by atoms with Gasteiger partial charge >= 0.3 is 0 Å². The van der Waals surface area contributed by atoms with Crippen LogP contribution < -0.4 is 10.6 Å². The molecule has 116 valence electrons. The van der Waals surface area contributed by atoms with Crippen LogP contribution in [0.3, 0.4) is 0 Å². The topological polar surface area (TPSA) is 44.4 Å². The van der Waals surface area contributed by atoms with Crippen LogP contribution in [0.25, 0.3) is 0 Å². The normalized spacial score (nSPS) is 18.7. The number of carbonyl (C=O) groups excluding carboxylic acids is 1. The van der Waals surface area contributed by atoms with Crippen LogP contribution in [0, 0.1) is 0 Å². The average molecular weight is 289 g/mol. The van der Waals surface area contributed by atoms with Crippen molar-refractivity contribution >= 4 is 11.6 Å². The van der Waals surface area contributed by atoms with Gasteiger partial charge in [0.15, 0.2) is 0 Å². The predicted molar refractivity (Wildman–Crippen MR) is 87.3 cm³/mol. The summed E-state index contributed by atoms with van der Waals surface area (Å²) in [5.74, 6) is 0.0988. The second kappa shape index (κ2) is 8.15. The second-order valence-corrected chi connectivity index (χ2v) is 5.61. The minimum absolute atomic E-state index is 0.0414. The van der Waals surface area contributed by atoms with Crippen LogP contribution >= 0.6 is 0 Å². The Balaban J connectivity index is 2.03. The molecule has 1 aliphatic heterocycles. The van der Waals surface area contributed by atoms with Gasteiger partial charge in [-0.05, 0) is 44.1 Å². The lowest BCUT2D eigenvalue weighted by molar-refractivity contribution is -0.118. The van der Waals surface area contributed by atoms with E-state index in [1.807, 2.05) is 18.2 Å². The first-order valence-electron chi connectivity index (χ1n) is 8.09. The molecular weight excluding hydrogens is 262 g/mol. The number of carbonyl (C=O) groups is 1. The van der Waals surface area contributed by atoms with Gasteiger partial charge in [-0.15, -0.1) is 0 Å². The maximum atomic E-state index is 12.4. The number of para-hydroxylation sites is 1. The van der Waals surface area contributed by atoms with E-state index in [-0.39, 0.29) is 11.9 Å². The lowest BCUT2D eigenvalue weighted by Gasteiger charge is -2.24. The van der Waals surface area contributed by atoms with E-state index in [0.717, 1.165) is 44.7 Å². The molecule has 1 atom stereocenters. The maximum absolute atomic E-state index is 12.4. The van der Waals surface area contributed by atoms with Crippen molar-refractivity contribution in [2.24, 2.45) is 0 Å². The Kier molecular flexibility index (Phi) is 6.21. The summed E-state index contributed by atoms with van der Waals surface area (Å²) in [6.45, 7) is 8.18. The molecule has 21 heavy (non-hydrogen) atoms. The number of rotatable bonds is 6. The summed E-state index contributed by atoms with van der Waals surface area (Å²) in [4.78, 5) is 14.7. The number of nitrogens with zero attached hydrogens (tertiary/aromatic N) is 1. The number of hydrogen-bond acceptors (Lipinski definition) is 3. The summed E-state index contributed by atoms with van der Waals surface area (Å²) in [6.07, 6.45) is 3.23. The first kappa shape index (κ1) is 16.0. The molecule has 4 heteroatoms. The highest BCUT2D eigenvalue weighted by Crippen LogP contribution is 2.18. The van der Waals surface area contributed by atoms with E-state index in [1.54, 1.807) is 0 Å². The van der Waals surface area contributed by atoms with E-state index in [4.69, 9.17) is 0 Å². The Morgan fingerprint density at radius 1 is 1.29 bits per heavy atom. The smallest absolute Gasteiger partial charge is 0.241 e. The van der Waals surface area contributed by atoms with Crippen molar-refractivity contribution in [1.82, 2.24) is 10.2 Å². The summed E-state index contributed by atoms with van der Waals surface area (Å²) < 4.78 is 0. The number of nitrogens with one attached hydrogen (secondary N) is 2. The molecule has 1 aromatic carbocycles. The van der Waals surface area contributed by atoms with Crippen molar-refractivity contribution in [3.05, 3.63) is 29.8 Å². The molecule has 0 radical (unpaired) electrons. The summed E-state index contributed by atoms with van der Waals surface area (Å²) in [6, 6.07) is 8.07. The molecular formula is C17H27N3O. The van der Waals surface area contributed by atoms with Crippen LogP contribution in [-0.2, 0) is 11.3 Å². The SMILES string of the molecule is CCN(CC)Cc1ccccc1NC(=O)[C@@H]1CCCCN1. The fourth-order valence-electron chi connectivity index (χ4n) is 2.76. The molecule has 1 aromatic rings. The van der Waals surface area contributed by atoms with Crippen molar-refractivity contribution in [2.75, 3.05) is 25.0 Å². The van der Waals surface area contributed by atoms with Crippen LogP contribution in [0.15, 0.2) is 24.3 Å². The summed E-state index contributed by atoms with van der Waals surface area (Å²) in [5.41, 5.74) is 2.13. The third kappa shape index (κ3) is 4.55. The fourth-order valence-corrected chi connectivity index (χ4v) is 2.76. The van der Waals surface area contributed by atoms with Crippen LogP contribution in [0.4, 0.5) is 5.69 Å². The van der Waals surface area contributed by atoms with E-state index < -0.39 is 0 Å². The zero-order valence-corrected chi connectivity index (χ0v) is 13.2. The number of amides is 1. The van der Waals surface area contributed by atoms with E-state index in [0.29, 0.717) is 0 Å². The van der Waals surface area contributed by atoms with Gasteiger partial charge in [-0.2, -0.15) is 0 Å². The van der Waals surface area contributed by atoms with Crippen LogP contribution in [0.1, 0.15) is 38.7 Å². The fraction of sp³-hybridized carbons (Fsp3) is 0.588. The van der Waals surface area contributed by atoms with Crippen molar-refractivity contribution < 1.29 is 4.79 Å². The van der Waals surface area contributed by atoms with Crippen molar-refractivity contribution in [1.29, 1.82) is 0 Å². The first-order chi connectivity index (χ1) is 10.2. The largest absolute Gasteiger partial charge is 0.324 e. The van der Waals surface area contributed by atoms with Gasteiger partial charge < -0.3 is 10.6 Å². The lowest BCUT2D eigenvalue weighted by Crippen LogP contribution is -2.43. The summed E-state index contributed by atoms with van der Waals surface area (Å²) >= 11 is 0. The monoisotopic (exact) mass is 289 g/mol. The van der Waals surface area contributed by atoms with Gasteiger partial charge in [0, 0.05) is 12.2 Å². The van der Waals surface area contributed by atoms with E-state index >= 15 is 0 Å². The number of piperidine rings is 1. The molecule has 1 aliphatic rings. The van der Waals surface area contributed by atoms with E-state index in [2.05, 4.69) is 35.4 Å². The average Bonchev–Trinajstić information content (AvgIpc) is 2.54. The molecule has 0 aromatic heterocycles. The molecule has 1 heterocycles. The Morgan fingerprint density at radius 3 is 2.71 bits per heavy atom. The molecule has 0 aliphatic carbocycles. The van der Waals surface area contributed by atoms with Gasteiger partial charge in [0.2, 0.25) is 5.91 Å². The minimum atomic E-state index is -0.0414. The van der Waals surface area contributed by atoms with Crippen molar-refractivity contribution in [2.45, 2.75) is 45.7 Å². The molecule has 0 spiro atoms. The van der Waals surface area contributed by atoms with Crippen molar-refractivity contribution in [3.63, 3.8) is 0 Å². The summed E-state index contributed by atoms with van der Waals surface area (Å²) in [5, 5.41) is 6.40. The molecule has 2 N–H and O–H groups in total. The molecule has 0 saturated carbocycles. The molecule has 0 unspecified atom stereocenters. The first-order valence-corrected chi connectivity index (χ1v) is 8.09. The third-order valence-corrected chi connectivity index (χ3v) is 4.19. The highest BCUT2D eigenvalue weighted by Gasteiger charge is 2.21. The van der Waals surface area contributed by atoms with Gasteiger partial charge in [-0.25, -0.2) is 0 Å². The molecule has 1 fully saturated rings. The second-order valence-electron chi connectivity index (χ2n) is 5.61. The van der Waals surface area contributed by atoms with Gasteiger partial charge in [0.25, 0.3) is 0 Å². The number of anilines is 1. The number of hydrogen-bond donors (Lipinski definition) is 2. The maximum Gasteiger partial charge on any atom is 0.241 e. The van der Waals surface area contributed by atoms with Gasteiger partial charge in [0.05, 0.1) is 6.04 Å². The van der Waals surface area contributed by atoms with Crippen LogP contribution in [-0.4, -0.2) is 36.5 Å². The Labute approximate surface area is 127 Å².